The van der Waals surface area contributed by atoms with Gasteiger partial charge in [-0.2, -0.15) is 8.78 Å². The van der Waals surface area contributed by atoms with Crippen LogP contribution in [0.3, 0.4) is 0 Å². The average molecular weight is 388 g/mol. The van der Waals surface area contributed by atoms with Crippen LogP contribution in [-0.4, -0.2) is 27.1 Å². The van der Waals surface area contributed by atoms with Crippen LogP contribution in [0.15, 0.2) is 36.4 Å². The Kier molecular flexibility index (Phi) is 5.31. The Morgan fingerprint density at radius 3 is 2.43 bits per heavy atom. The number of nitrogens with one attached hydrogen (secondary N) is 1. The van der Waals surface area contributed by atoms with Crippen LogP contribution >= 0.6 is 0 Å². The van der Waals surface area contributed by atoms with Crippen molar-refractivity contribution >= 4 is 23.0 Å². The van der Waals surface area contributed by atoms with Gasteiger partial charge in [-0.1, -0.05) is 20.8 Å². The molecule has 0 fully saturated rings. The summed E-state index contributed by atoms with van der Waals surface area (Å²) >= 11 is 0. The Morgan fingerprint density at radius 1 is 1.14 bits per heavy atom. The molecule has 148 valence electrons. The van der Waals surface area contributed by atoms with Gasteiger partial charge in [0, 0.05) is 12.1 Å². The summed E-state index contributed by atoms with van der Waals surface area (Å²) in [5.41, 5.74) is 2.41. The smallest absolute Gasteiger partial charge is 0.387 e. The van der Waals surface area contributed by atoms with E-state index in [1.54, 1.807) is 16.7 Å². The SMILES string of the molecule is Cc1ccc2nc(NC(=O)CC(C)(C)C)n(-c3ccc(OC(F)F)cc3)c2n1. The number of pyridine rings is 1. The number of carbonyl (C=O) groups excluding carboxylic acids is 1. The van der Waals surface area contributed by atoms with Crippen molar-refractivity contribution in [2.75, 3.05) is 5.32 Å². The van der Waals surface area contributed by atoms with E-state index in [9.17, 15) is 13.6 Å². The molecule has 3 aromatic rings. The van der Waals surface area contributed by atoms with Gasteiger partial charge in [0.2, 0.25) is 11.9 Å². The lowest BCUT2D eigenvalue weighted by atomic mass is 9.92. The first-order chi connectivity index (χ1) is 13.1. The molecular weight excluding hydrogens is 366 g/mol. The van der Waals surface area contributed by atoms with Crippen LogP contribution in [0.25, 0.3) is 16.9 Å². The van der Waals surface area contributed by atoms with Gasteiger partial charge in [0.25, 0.3) is 0 Å². The van der Waals surface area contributed by atoms with Gasteiger partial charge in [0.05, 0.1) is 5.69 Å². The molecule has 0 radical (unpaired) electrons. The summed E-state index contributed by atoms with van der Waals surface area (Å²) in [6, 6.07) is 9.75. The number of ether oxygens (including phenoxy) is 1. The molecule has 0 saturated heterocycles. The molecule has 1 amide bonds. The minimum Gasteiger partial charge on any atom is -0.435 e. The number of anilines is 1. The van der Waals surface area contributed by atoms with Crippen LogP contribution in [-0.2, 0) is 4.79 Å². The predicted molar refractivity (Wildman–Crippen MR) is 103 cm³/mol. The third kappa shape index (κ3) is 4.62. The molecule has 1 N–H and O–H groups in total. The van der Waals surface area contributed by atoms with Gasteiger partial charge in [-0.15, -0.1) is 0 Å². The Labute approximate surface area is 161 Å². The van der Waals surface area contributed by atoms with E-state index < -0.39 is 6.61 Å². The number of aromatic nitrogens is 3. The minimum absolute atomic E-state index is 0.0469. The van der Waals surface area contributed by atoms with Gasteiger partial charge >= 0.3 is 6.61 Å². The zero-order valence-corrected chi connectivity index (χ0v) is 16.2. The van der Waals surface area contributed by atoms with Gasteiger partial charge in [0.1, 0.15) is 11.3 Å². The highest BCUT2D eigenvalue weighted by Gasteiger charge is 2.20. The lowest BCUT2D eigenvalue weighted by Crippen LogP contribution is -2.21. The molecule has 2 aromatic heterocycles. The van der Waals surface area contributed by atoms with E-state index in [0.717, 1.165) is 5.69 Å². The number of benzene rings is 1. The van der Waals surface area contributed by atoms with Crippen molar-refractivity contribution in [3.63, 3.8) is 0 Å². The van der Waals surface area contributed by atoms with Crippen LogP contribution < -0.4 is 10.1 Å². The molecule has 1 aromatic carbocycles. The largest absolute Gasteiger partial charge is 0.435 e. The molecule has 0 aliphatic rings. The standard InChI is InChI=1S/C20H22F2N4O2/c1-12-5-10-15-17(23-12)26(13-6-8-14(9-7-13)28-18(21)22)19(24-15)25-16(27)11-20(2,3)4/h5-10,18H,11H2,1-4H3,(H,24,25,27). The maximum absolute atomic E-state index is 12.4. The van der Waals surface area contributed by atoms with Crippen molar-refractivity contribution in [3.8, 4) is 11.4 Å². The summed E-state index contributed by atoms with van der Waals surface area (Å²) in [6.07, 6.45) is 0.323. The van der Waals surface area contributed by atoms with E-state index in [-0.39, 0.29) is 17.1 Å². The number of hydrogen-bond acceptors (Lipinski definition) is 4. The second-order valence-corrected chi connectivity index (χ2v) is 7.72. The van der Waals surface area contributed by atoms with E-state index >= 15 is 0 Å². The number of nitrogens with zero attached hydrogens (tertiary/aromatic N) is 3. The zero-order chi connectivity index (χ0) is 20.5. The number of amides is 1. The van der Waals surface area contributed by atoms with Gasteiger partial charge < -0.3 is 4.74 Å². The molecule has 28 heavy (non-hydrogen) atoms. The fraction of sp³-hybridized carbons (Fsp3) is 0.350. The molecule has 0 aliphatic carbocycles. The lowest BCUT2D eigenvalue weighted by Gasteiger charge is -2.17. The van der Waals surface area contributed by atoms with E-state index in [2.05, 4.69) is 20.0 Å². The van der Waals surface area contributed by atoms with Crippen molar-refractivity contribution in [1.29, 1.82) is 0 Å². The van der Waals surface area contributed by atoms with Crippen molar-refractivity contribution in [2.45, 2.75) is 40.7 Å². The van der Waals surface area contributed by atoms with Crippen molar-refractivity contribution in [1.82, 2.24) is 14.5 Å². The van der Waals surface area contributed by atoms with Gasteiger partial charge in [-0.05, 0) is 48.7 Å². The number of alkyl halides is 2. The Bertz CT molecular complexity index is 992. The molecule has 2 heterocycles. The molecule has 6 nitrogen and oxygen atoms in total. The lowest BCUT2D eigenvalue weighted by molar-refractivity contribution is -0.117. The first-order valence-corrected chi connectivity index (χ1v) is 8.83. The number of halogens is 2. The number of carbonyl (C=O) groups is 1. The van der Waals surface area contributed by atoms with Crippen molar-refractivity contribution in [2.24, 2.45) is 5.41 Å². The number of hydrogen-bond donors (Lipinski definition) is 1. The summed E-state index contributed by atoms with van der Waals surface area (Å²) in [5.74, 6) is 0.203. The van der Waals surface area contributed by atoms with Crippen LogP contribution in [0, 0.1) is 12.3 Å². The number of rotatable bonds is 5. The van der Waals surface area contributed by atoms with Crippen LogP contribution in [0.5, 0.6) is 5.75 Å². The highest BCUT2D eigenvalue weighted by atomic mass is 19.3. The topological polar surface area (TPSA) is 69.0 Å². The maximum atomic E-state index is 12.4. The Morgan fingerprint density at radius 2 is 1.82 bits per heavy atom. The maximum Gasteiger partial charge on any atom is 0.387 e. The molecule has 0 aliphatic heterocycles. The fourth-order valence-electron chi connectivity index (χ4n) is 2.81. The Hall–Kier alpha value is -3.03. The van der Waals surface area contributed by atoms with E-state index in [1.807, 2.05) is 39.8 Å². The second-order valence-electron chi connectivity index (χ2n) is 7.72. The van der Waals surface area contributed by atoms with E-state index in [4.69, 9.17) is 0 Å². The molecule has 0 atom stereocenters. The Balaban J connectivity index is 2.03. The highest BCUT2D eigenvalue weighted by molar-refractivity contribution is 5.92. The second kappa shape index (κ2) is 7.53. The summed E-state index contributed by atoms with van der Waals surface area (Å²) in [4.78, 5) is 21.5. The van der Waals surface area contributed by atoms with Crippen molar-refractivity contribution < 1.29 is 18.3 Å². The number of aryl methyl sites for hydroxylation is 1. The first kappa shape index (κ1) is 19.7. The predicted octanol–water partition coefficient (Wildman–Crippen LogP) is 4.71. The molecular formula is C20H22F2N4O2. The normalized spacial score (nSPS) is 11.8. The first-order valence-electron chi connectivity index (χ1n) is 8.83. The fourth-order valence-corrected chi connectivity index (χ4v) is 2.81. The molecule has 0 spiro atoms. The number of fused-ring (bicyclic) bond motifs is 1. The van der Waals surface area contributed by atoms with Crippen molar-refractivity contribution in [3.05, 3.63) is 42.1 Å². The van der Waals surface area contributed by atoms with Gasteiger partial charge in [-0.3, -0.25) is 14.7 Å². The molecule has 0 unspecified atom stereocenters. The summed E-state index contributed by atoms with van der Waals surface area (Å²) in [6.45, 7) is 4.89. The third-order valence-electron chi connectivity index (χ3n) is 3.91. The zero-order valence-electron chi connectivity index (χ0n) is 16.2. The molecule has 3 rings (SSSR count). The average Bonchev–Trinajstić information content (AvgIpc) is 2.90. The monoisotopic (exact) mass is 388 g/mol. The molecule has 8 heteroatoms. The summed E-state index contributed by atoms with van der Waals surface area (Å²) in [5, 5.41) is 2.84. The summed E-state index contributed by atoms with van der Waals surface area (Å²) in [7, 11) is 0. The molecule has 0 bridgehead atoms. The minimum atomic E-state index is -2.89. The molecule has 0 saturated carbocycles. The van der Waals surface area contributed by atoms with Gasteiger partial charge in [-0.25, -0.2) is 9.97 Å². The highest BCUT2D eigenvalue weighted by Crippen LogP contribution is 2.27. The van der Waals surface area contributed by atoms with E-state index in [0.29, 0.717) is 29.2 Å². The third-order valence-corrected chi connectivity index (χ3v) is 3.91. The van der Waals surface area contributed by atoms with Gasteiger partial charge in [0.15, 0.2) is 5.65 Å². The number of imidazole rings is 1. The summed E-state index contributed by atoms with van der Waals surface area (Å²) < 4.78 is 30.9. The van der Waals surface area contributed by atoms with Crippen LogP contribution in [0.1, 0.15) is 32.9 Å². The quantitative estimate of drug-likeness (QED) is 0.688. The van der Waals surface area contributed by atoms with Crippen LogP contribution in [0.4, 0.5) is 14.7 Å². The van der Waals surface area contributed by atoms with E-state index in [1.165, 1.54) is 12.1 Å². The van der Waals surface area contributed by atoms with Crippen LogP contribution in [0.2, 0.25) is 0 Å².